The van der Waals surface area contributed by atoms with E-state index < -0.39 is 5.97 Å². The maximum absolute atomic E-state index is 12.4. The molecule has 25 heavy (non-hydrogen) atoms. The van der Waals surface area contributed by atoms with Gasteiger partial charge in [0.15, 0.2) is 0 Å². The molecule has 2 N–H and O–H groups in total. The van der Waals surface area contributed by atoms with Crippen LogP contribution in [-0.2, 0) is 11.2 Å². The van der Waals surface area contributed by atoms with Gasteiger partial charge in [-0.15, -0.1) is 0 Å². The molecule has 2 aromatic heterocycles. The van der Waals surface area contributed by atoms with Gasteiger partial charge in [-0.3, -0.25) is 4.79 Å². The second-order valence-corrected chi connectivity index (χ2v) is 6.16. The number of rotatable bonds is 4. The first-order valence-electron chi connectivity index (χ1n) is 7.62. The van der Waals surface area contributed by atoms with Crippen molar-refractivity contribution in [3.63, 3.8) is 0 Å². The Morgan fingerprint density at radius 2 is 2.04 bits per heavy atom. The molecule has 128 valence electrons. The average Bonchev–Trinajstić information content (AvgIpc) is 2.87. The highest BCUT2D eigenvalue weighted by Crippen LogP contribution is 2.21. The number of pyridine rings is 1. The Labute approximate surface area is 149 Å². The number of carbonyl (C=O) groups excluding carboxylic acids is 1. The van der Waals surface area contributed by atoms with Crippen LogP contribution in [0.5, 0.6) is 0 Å². The van der Waals surface area contributed by atoms with E-state index in [0.29, 0.717) is 5.69 Å². The predicted molar refractivity (Wildman–Crippen MR) is 95.4 cm³/mol. The zero-order valence-corrected chi connectivity index (χ0v) is 14.5. The first-order chi connectivity index (χ1) is 11.9. The molecular formula is C18H16ClN3O3. The number of nitrogens with zero attached hydrogens (tertiary/aromatic N) is 2. The van der Waals surface area contributed by atoms with E-state index in [4.69, 9.17) is 16.7 Å². The fraction of sp³-hybridized carbons (Fsp3) is 0.167. The van der Waals surface area contributed by atoms with Gasteiger partial charge < -0.3 is 14.8 Å². The molecule has 0 atom stereocenters. The lowest BCUT2D eigenvalue weighted by Gasteiger charge is -2.08. The highest BCUT2D eigenvalue weighted by Gasteiger charge is 2.15. The molecule has 0 aliphatic rings. The summed E-state index contributed by atoms with van der Waals surface area (Å²) in [4.78, 5) is 28.0. The predicted octanol–water partition coefficient (Wildman–Crippen LogP) is 3.48. The molecule has 1 aromatic carbocycles. The van der Waals surface area contributed by atoms with Crippen molar-refractivity contribution >= 4 is 34.8 Å². The zero-order valence-electron chi connectivity index (χ0n) is 13.7. The maximum atomic E-state index is 12.4. The number of imidazole rings is 1. The molecule has 0 fully saturated rings. The quantitative estimate of drug-likeness (QED) is 0.748. The monoisotopic (exact) mass is 357 g/mol. The lowest BCUT2D eigenvalue weighted by molar-refractivity contribution is -0.115. The summed E-state index contributed by atoms with van der Waals surface area (Å²) in [6.07, 6.45) is 2.00. The SMILES string of the molecule is Cc1nc2c(C)cccn2c1CC(=O)Nc1ccc(Cl)c(C(=O)O)c1. The molecule has 1 amide bonds. The Bertz CT molecular complexity index is 995. The molecule has 0 unspecified atom stereocenters. The van der Waals surface area contributed by atoms with Crippen LogP contribution in [0, 0.1) is 13.8 Å². The Balaban J connectivity index is 1.84. The Morgan fingerprint density at radius 1 is 1.28 bits per heavy atom. The third kappa shape index (κ3) is 3.34. The van der Waals surface area contributed by atoms with Gasteiger partial charge in [-0.2, -0.15) is 0 Å². The summed E-state index contributed by atoms with van der Waals surface area (Å²) < 4.78 is 1.90. The van der Waals surface area contributed by atoms with Gasteiger partial charge in [-0.05, 0) is 43.7 Å². The number of benzene rings is 1. The molecule has 0 aliphatic carbocycles. The normalized spacial score (nSPS) is 10.8. The van der Waals surface area contributed by atoms with E-state index in [1.54, 1.807) is 6.07 Å². The van der Waals surface area contributed by atoms with E-state index >= 15 is 0 Å². The number of aromatic nitrogens is 2. The van der Waals surface area contributed by atoms with Crippen molar-refractivity contribution in [2.75, 3.05) is 5.32 Å². The molecule has 3 aromatic rings. The fourth-order valence-electron chi connectivity index (χ4n) is 2.70. The van der Waals surface area contributed by atoms with Gasteiger partial charge in [-0.1, -0.05) is 17.7 Å². The summed E-state index contributed by atoms with van der Waals surface area (Å²) in [6.45, 7) is 3.83. The van der Waals surface area contributed by atoms with E-state index in [1.807, 2.05) is 36.6 Å². The maximum Gasteiger partial charge on any atom is 0.337 e. The van der Waals surface area contributed by atoms with E-state index in [-0.39, 0.29) is 22.9 Å². The molecule has 0 radical (unpaired) electrons. The molecule has 0 bridgehead atoms. The first-order valence-corrected chi connectivity index (χ1v) is 8.00. The minimum absolute atomic E-state index is 0.0546. The highest BCUT2D eigenvalue weighted by atomic mass is 35.5. The summed E-state index contributed by atoms with van der Waals surface area (Å²) in [5.41, 5.74) is 3.76. The van der Waals surface area contributed by atoms with E-state index in [9.17, 15) is 9.59 Å². The number of fused-ring (bicyclic) bond motifs is 1. The number of halogens is 1. The number of aryl methyl sites for hydroxylation is 2. The summed E-state index contributed by atoms with van der Waals surface area (Å²) in [5, 5.41) is 11.9. The number of amides is 1. The van der Waals surface area contributed by atoms with Crippen LogP contribution in [0.25, 0.3) is 5.65 Å². The van der Waals surface area contributed by atoms with Gasteiger partial charge in [0.25, 0.3) is 0 Å². The fourth-order valence-corrected chi connectivity index (χ4v) is 2.90. The van der Waals surface area contributed by atoms with Crippen LogP contribution in [0.2, 0.25) is 5.02 Å². The minimum Gasteiger partial charge on any atom is -0.478 e. The number of aromatic carboxylic acids is 1. The largest absolute Gasteiger partial charge is 0.478 e. The average molecular weight is 358 g/mol. The van der Waals surface area contributed by atoms with Gasteiger partial charge in [-0.25, -0.2) is 9.78 Å². The van der Waals surface area contributed by atoms with Crippen molar-refractivity contribution in [3.8, 4) is 0 Å². The van der Waals surface area contributed by atoms with Crippen molar-refractivity contribution < 1.29 is 14.7 Å². The summed E-state index contributed by atoms with van der Waals surface area (Å²) in [6, 6.07) is 8.23. The standard InChI is InChI=1S/C18H16ClN3O3/c1-10-4-3-7-22-15(11(2)20-17(10)22)9-16(23)21-12-5-6-14(19)13(8-12)18(24)25/h3-8H,9H2,1-2H3,(H,21,23)(H,24,25). The third-order valence-corrected chi connectivity index (χ3v) is 4.28. The second-order valence-electron chi connectivity index (χ2n) is 5.75. The molecule has 6 nitrogen and oxygen atoms in total. The van der Waals surface area contributed by atoms with Crippen LogP contribution in [0.1, 0.15) is 27.3 Å². The topological polar surface area (TPSA) is 83.7 Å². The Morgan fingerprint density at radius 3 is 2.76 bits per heavy atom. The van der Waals surface area contributed by atoms with E-state index in [1.165, 1.54) is 12.1 Å². The van der Waals surface area contributed by atoms with Crippen molar-refractivity contribution in [3.05, 3.63) is 64.1 Å². The van der Waals surface area contributed by atoms with Crippen molar-refractivity contribution in [1.82, 2.24) is 9.38 Å². The van der Waals surface area contributed by atoms with Crippen LogP contribution in [-0.4, -0.2) is 26.4 Å². The Hall–Kier alpha value is -2.86. The van der Waals surface area contributed by atoms with Crippen LogP contribution in [0.15, 0.2) is 36.5 Å². The molecule has 0 aliphatic heterocycles. The molecule has 0 spiro atoms. The number of hydrogen-bond acceptors (Lipinski definition) is 3. The molecule has 3 rings (SSSR count). The highest BCUT2D eigenvalue weighted by molar-refractivity contribution is 6.33. The molecule has 2 heterocycles. The summed E-state index contributed by atoms with van der Waals surface area (Å²) in [5.74, 6) is -1.40. The summed E-state index contributed by atoms with van der Waals surface area (Å²) >= 11 is 5.84. The number of carboxylic acid groups (broad SMARTS) is 1. The van der Waals surface area contributed by atoms with E-state index in [0.717, 1.165) is 22.6 Å². The van der Waals surface area contributed by atoms with Crippen molar-refractivity contribution in [2.45, 2.75) is 20.3 Å². The van der Waals surface area contributed by atoms with Gasteiger partial charge >= 0.3 is 5.97 Å². The lowest BCUT2D eigenvalue weighted by Crippen LogP contribution is -2.16. The number of carbonyl (C=O) groups is 2. The first kappa shape index (κ1) is 17.0. The van der Waals surface area contributed by atoms with Crippen LogP contribution < -0.4 is 5.32 Å². The molecule has 0 saturated carbocycles. The Kier molecular flexibility index (Phi) is 4.46. The van der Waals surface area contributed by atoms with Crippen LogP contribution in [0.4, 0.5) is 5.69 Å². The van der Waals surface area contributed by atoms with Crippen molar-refractivity contribution in [2.24, 2.45) is 0 Å². The number of hydrogen-bond donors (Lipinski definition) is 2. The molecule has 7 heteroatoms. The number of nitrogens with one attached hydrogen (secondary N) is 1. The number of anilines is 1. The zero-order chi connectivity index (χ0) is 18.1. The van der Waals surface area contributed by atoms with Gasteiger partial charge in [0.1, 0.15) is 5.65 Å². The summed E-state index contributed by atoms with van der Waals surface area (Å²) in [7, 11) is 0. The lowest BCUT2D eigenvalue weighted by atomic mass is 10.2. The third-order valence-electron chi connectivity index (χ3n) is 3.95. The smallest absolute Gasteiger partial charge is 0.337 e. The second kappa shape index (κ2) is 6.57. The van der Waals surface area contributed by atoms with Crippen LogP contribution in [0.3, 0.4) is 0 Å². The van der Waals surface area contributed by atoms with Gasteiger partial charge in [0.2, 0.25) is 5.91 Å². The van der Waals surface area contributed by atoms with Crippen molar-refractivity contribution in [1.29, 1.82) is 0 Å². The van der Waals surface area contributed by atoms with Gasteiger partial charge in [0.05, 0.1) is 28.4 Å². The molecular weight excluding hydrogens is 342 g/mol. The van der Waals surface area contributed by atoms with Crippen LogP contribution >= 0.6 is 11.6 Å². The number of carboxylic acids is 1. The van der Waals surface area contributed by atoms with Gasteiger partial charge in [0, 0.05) is 11.9 Å². The molecule has 0 saturated heterocycles. The minimum atomic E-state index is -1.14. The van der Waals surface area contributed by atoms with E-state index in [2.05, 4.69) is 10.3 Å².